The summed E-state index contributed by atoms with van der Waals surface area (Å²) in [4.78, 5) is 26.4. The van der Waals surface area contributed by atoms with Crippen molar-refractivity contribution in [2.45, 2.75) is 31.5 Å². The largest absolute Gasteiger partial charge is 0.493 e. The van der Waals surface area contributed by atoms with E-state index >= 15 is 0 Å². The van der Waals surface area contributed by atoms with Gasteiger partial charge in [0.2, 0.25) is 5.91 Å². The van der Waals surface area contributed by atoms with Crippen molar-refractivity contribution in [3.05, 3.63) is 66.8 Å². The molecule has 1 amide bonds. The molecule has 2 aromatic carbocycles. The van der Waals surface area contributed by atoms with Gasteiger partial charge in [-0.25, -0.2) is 9.97 Å². The molecular weight excluding hydrogens is 550 g/mol. The lowest BCUT2D eigenvalue weighted by molar-refractivity contribution is -0.127. The molecule has 2 fully saturated rings. The molecule has 2 saturated heterocycles. The average molecular weight is 586 g/mol. The lowest BCUT2D eigenvalue weighted by Crippen LogP contribution is -2.41. The van der Waals surface area contributed by atoms with Crippen LogP contribution in [0.3, 0.4) is 0 Å². The molecule has 0 aliphatic carbocycles. The number of carbonyl (C=O) groups is 1. The third-order valence-corrected chi connectivity index (χ3v) is 8.74. The molecule has 4 heterocycles. The Bertz CT molecular complexity index is 1570. The standard InChI is InChI=1S/C32H35N5O4S/c1-4-31(38)37-13-10-22(11-14-37)40-29-17-24-25(18-28(29)39-3)33-20-34-32(24)35-26-16-21(30-6-5-15-42-30)7-8-27(26)41-23-9-12-36(2)19-23/h4-8,15-18,20,22-23H,1,9-14,19H2,2-3H3,(H,33,34,35). The van der Waals surface area contributed by atoms with Crippen LogP contribution in [0.2, 0.25) is 0 Å². The van der Waals surface area contributed by atoms with Gasteiger partial charge in [0, 0.05) is 55.4 Å². The van der Waals surface area contributed by atoms with Crippen LogP contribution in [0.4, 0.5) is 11.5 Å². The van der Waals surface area contributed by atoms with Crippen molar-refractivity contribution in [1.82, 2.24) is 19.8 Å². The maximum Gasteiger partial charge on any atom is 0.245 e. The van der Waals surface area contributed by atoms with Crippen LogP contribution in [0, 0.1) is 0 Å². The number of fused-ring (bicyclic) bond motifs is 1. The normalized spacial score (nSPS) is 17.8. The molecule has 1 atom stereocenters. The molecule has 4 aromatic rings. The molecule has 6 rings (SSSR count). The van der Waals surface area contributed by atoms with E-state index in [0.29, 0.717) is 30.4 Å². The van der Waals surface area contributed by atoms with E-state index in [0.717, 1.165) is 60.3 Å². The van der Waals surface area contributed by atoms with Crippen molar-refractivity contribution < 1.29 is 19.0 Å². The number of rotatable bonds is 9. The van der Waals surface area contributed by atoms with Crippen LogP contribution in [0.25, 0.3) is 21.3 Å². The van der Waals surface area contributed by atoms with E-state index in [1.807, 2.05) is 18.2 Å². The van der Waals surface area contributed by atoms with Gasteiger partial charge in [-0.1, -0.05) is 12.6 Å². The van der Waals surface area contributed by atoms with E-state index in [1.165, 1.54) is 11.0 Å². The summed E-state index contributed by atoms with van der Waals surface area (Å²) in [5.41, 5.74) is 2.68. The van der Waals surface area contributed by atoms with Gasteiger partial charge in [-0.2, -0.15) is 0 Å². The second-order valence-electron chi connectivity index (χ2n) is 10.7. The molecule has 2 aliphatic rings. The zero-order valence-corrected chi connectivity index (χ0v) is 24.7. The number of anilines is 2. The fraction of sp³-hybridized carbons (Fsp3) is 0.344. The number of aromatic nitrogens is 2. The Labute approximate surface area is 249 Å². The SMILES string of the molecule is C=CC(=O)N1CCC(Oc2cc3c(Nc4cc(-c5cccs5)ccc4OC4CCN(C)C4)ncnc3cc2OC)CC1. The average Bonchev–Trinajstić information content (AvgIpc) is 3.70. The number of hydrogen-bond donors (Lipinski definition) is 1. The highest BCUT2D eigenvalue weighted by atomic mass is 32.1. The van der Waals surface area contributed by atoms with Gasteiger partial charge in [0.25, 0.3) is 0 Å². The highest BCUT2D eigenvalue weighted by Crippen LogP contribution is 2.39. The third-order valence-electron chi connectivity index (χ3n) is 7.82. The molecule has 2 aliphatic heterocycles. The van der Waals surface area contributed by atoms with Crippen LogP contribution in [-0.2, 0) is 4.79 Å². The minimum absolute atomic E-state index is 0.0433. The van der Waals surface area contributed by atoms with Crippen molar-refractivity contribution in [3.8, 4) is 27.7 Å². The second kappa shape index (κ2) is 12.4. The predicted molar refractivity (Wildman–Crippen MR) is 166 cm³/mol. The molecule has 0 spiro atoms. The molecule has 0 saturated carbocycles. The van der Waals surface area contributed by atoms with Crippen LogP contribution in [0.1, 0.15) is 19.3 Å². The third kappa shape index (κ3) is 6.05. The van der Waals surface area contributed by atoms with Crippen molar-refractivity contribution >= 4 is 39.7 Å². The molecule has 0 bridgehead atoms. The number of thiophene rings is 1. The van der Waals surface area contributed by atoms with E-state index in [1.54, 1.807) is 29.7 Å². The van der Waals surface area contributed by atoms with Gasteiger partial charge >= 0.3 is 0 Å². The number of likely N-dealkylation sites (tertiary alicyclic amines) is 2. The number of ether oxygens (including phenoxy) is 3. The minimum Gasteiger partial charge on any atom is -0.493 e. The van der Waals surface area contributed by atoms with Gasteiger partial charge in [0.05, 0.1) is 18.3 Å². The summed E-state index contributed by atoms with van der Waals surface area (Å²) in [6.07, 6.45) is 5.43. The first kappa shape index (κ1) is 28.0. The number of carbonyl (C=O) groups excluding carboxylic acids is 1. The lowest BCUT2D eigenvalue weighted by atomic mass is 10.1. The number of hydrogen-bond acceptors (Lipinski definition) is 9. The predicted octanol–water partition coefficient (Wildman–Crippen LogP) is 5.75. The molecule has 1 N–H and O–H groups in total. The van der Waals surface area contributed by atoms with Crippen molar-refractivity contribution in [2.24, 2.45) is 0 Å². The highest BCUT2D eigenvalue weighted by Gasteiger charge is 2.25. The Kier molecular flexibility index (Phi) is 8.25. The van der Waals surface area contributed by atoms with Crippen LogP contribution in [0.5, 0.6) is 17.2 Å². The fourth-order valence-electron chi connectivity index (χ4n) is 5.54. The summed E-state index contributed by atoms with van der Waals surface area (Å²) < 4.78 is 18.6. The van der Waals surface area contributed by atoms with Crippen molar-refractivity contribution in [2.75, 3.05) is 45.7 Å². The molecule has 218 valence electrons. The fourth-order valence-corrected chi connectivity index (χ4v) is 6.27. The monoisotopic (exact) mass is 585 g/mol. The summed E-state index contributed by atoms with van der Waals surface area (Å²) in [5.74, 6) is 2.61. The summed E-state index contributed by atoms with van der Waals surface area (Å²) in [6.45, 7) is 6.76. The number of nitrogens with one attached hydrogen (secondary N) is 1. The topological polar surface area (TPSA) is 89.1 Å². The van der Waals surface area contributed by atoms with Gasteiger partial charge in [-0.15, -0.1) is 11.3 Å². The Balaban J connectivity index is 1.31. The van der Waals surface area contributed by atoms with Crippen LogP contribution < -0.4 is 19.5 Å². The van der Waals surface area contributed by atoms with E-state index in [9.17, 15) is 4.79 Å². The zero-order chi connectivity index (χ0) is 29.1. The number of piperidine rings is 1. The Morgan fingerprint density at radius 3 is 2.55 bits per heavy atom. The van der Waals surface area contributed by atoms with Crippen LogP contribution in [0.15, 0.2) is 66.8 Å². The molecular formula is C32H35N5O4S. The van der Waals surface area contributed by atoms with Gasteiger partial charge in [0.1, 0.15) is 30.1 Å². The van der Waals surface area contributed by atoms with Crippen molar-refractivity contribution in [1.29, 1.82) is 0 Å². The number of nitrogens with zero attached hydrogens (tertiary/aromatic N) is 4. The summed E-state index contributed by atoms with van der Waals surface area (Å²) >= 11 is 1.70. The highest BCUT2D eigenvalue weighted by molar-refractivity contribution is 7.13. The summed E-state index contributed by atoms with van der Waals surface area (Å²) in [6, 6.07) is 14.2. The smallest absolute Gasteiger partial charge is 0.245 e. The molecule has 1 unspecified atom stereocenters. The Morgan fingerprint density at radius 1 is 1.02 bits per heavy atom. The van der Waals surface area contributed by atoms with E-state index < -0.39 is 0 Å². The minimum atomic E-state index is -0.0453. The van der Waals surface area contributed by atoms with E-state index in [2.05, 4.69) is 63.5 Å². The van der Waals surface area contributed by atoms with Gasteiger partial charge in [-0.3, -0.25) is 4.79 Å². The van der Waals surface area contributed by atoms with E-state index in [-0.39, 0.29) is 18.1 Å². The second-order valence-corrected chi connectivity index (χ2v) is 11.6. The maximum absolute atomic E-state index is 12.0. The van der Waals surface area contributed by atoms with Crippen LogP contribution in [-0.4, -0.2) is 78.2 Å². The molecule has 2 aromatic heterocycles. The quantitative estimate of drug-likeness (QED) is 0.249. The van der Waals surface area contributed by atoms with Gasteiger partial charge in [-0.05, 0) is 60.8 Å². The number of amides is 1. The Morgan fingerprint density at radius 2 is 1.83 bits per heavy atom. The summed E-state index contributed by atoms with van der Waals surface area (Å²) in [7, 11) is 3.74. The molecule has 9 nitrogen and oxygen atoms in total. The maximum atomic E-state index is 12.0. The van der Waals surface area contributed by atoms with Gasteiger partial charge < -0.3 is 29.3 Å². The molecule has 0 radical (unpaired) electrons. The number of likely N-dealkylation sites (N-methyl/N-ethyl adjacent to an activating group) is 1. The first-order valence-corrected chi connectivity index (χ1v) is 15.1. The van der Waals surface area contributed by atoms with E-state index in [4.69, 9.17) is 14.2 Å². The Hall–Kier alpha value is -4.15. The molecule has 42 heavy (non-hydrogen) atoms. The van der Waals surface area contributed by atoms with Crippen molar-refractivity contribution in [3.63, 3.8) is 0 Å². The summed E-state index contributed by atoms with van der Waals surface area (Å²) in [5, 5.41) is 6.45. The van der Waals surface area contributed by atoms with Gasteiger partial charge in [0.15, 0.2) is 11.5 Å². The first-order chi connectivity index (χ1) is 20.5. The lowest BCUT2D eigenvalue weighted by Gasteiger charge is -2.31. The zero-order valence-electron chi connectivity index (χ0n) is 23.9. The molecule has 10 heteroatoms. The first-order valence-electron chi connectivity index (χ1n) is 14.2. The van der Waals surface area contributed by atoms with Crippen LogP contribution >= 0.6 is 11.3 Å². The number of benzene rings is 2. The number of methoxy groups -OCH3 is 1.